The van der Waals surface area contributed by atoms with Gasteiger partial charge in [-0.1, -0.05) is 91.6 Å². The molecular formula is C27H24Cl2N4O. The number of fused-ring (bicyclic) bond motifs is 1. The van der Waals surface area contributed by atoms with Crippen molar-refractivity contribution in [2.24, 2.45) is 5.92 Å². The molecule has 5 rings (SSSR count). The second-order valence-electron chi connectivity index (χ2n) is 8.79. The molecule has 0 bridgehead atoms. The number of nitrogens with zero attached hydrogens (tertiary/aromatic N) is 3. The van der Waals surface area contributed by atoms with Gasteiger partial charge in [0.1, 0.15) is 0 Å². The van der Waals surface area contributed by atoms with E-state index in [1.54, 1.807) is 4.68 Å². The second-order valence-corrected chi connectivity index (χ2v) is 9.67. The molecule has 0 saturated heterocycles. The number of nitrogens with one attached hydrogen (secondary N) is 1. The standard InChI is InChI=1S/C27H24Cl2N4O/c1-17(2)16-32-27(34)33-26(31-32)24(19-10-14-22(29)15-11-19)23(18-8-12-21(28)13-9-18)25(30-33)20-6-4-3-5-7-20/h3-15,17,25,30H,16H2,1-2H3. The summed E-state index contributed by atoms with van der Waals surface area (Å²) in [5, 5.41) is 6.09. The molecule has 1 aliphatic rings. The van der Waals surface area contributed by atoms with Crippen molar-refractivity contribution in [3.63, 3.8) is 0 Å². The van der Waals surface area contributed by atoms with Gasteiger partial charge in [-0.25, -0.2) is 9.48 Å². The first-order valence-electron chi connectivity index (χ1n) is 11.2. The molecule has 1 N–H and O–H groups in total. The van der Waals surface area contributed by atoms with Crippen LogP contribution in [0.1, 0.15) is 42.4 Å². The SMILES string of the molecule is CC(C)Cn1nc2n(c1=O)NC(c1ccccc1)C(c1ccc(Cl)cc1)=C2c1ccc(Cl)cc1. The molecule has 0 aliphatic carbocycles. The maximum Gasteiger partial charge on any atom is 0.365 e. The topological polar surface area (TPSA) is 51.9 Å². The van der Waals surface area contributed by atoms with Gasteiger partial charge in [0.15, 0.2) is 5.82 Å². The molecule has 7 heteroatoms. The summed E-state index contributed by atoms with van der Waals surface area (Å²) >= 11 is 12.4. The lowest BCUT2D eigenvalue weighted by molar-refractivity contribution is 0.467. The van der Waals surface area contributed by atoms with Gasteiger partial charge in [0, 0.05) is 22.2 Å². The molecule has 0 radical (unpaired) electrons. The molecular weight excluding hydrogens is 467 g/mol. The van der Waals surface area contributed by atoms with Crippen molar-refractivity contribution in [2.45, 2.75) is 26.4 Å². The van der Waals surface area contributed by atoms with Crippen LogP contribution in [0.2, 0.25) is 10.0 Å². The highest BCUT2D eigenvalue weighted by atomic mass is 35.5. The molecule has 1 aromatic heterocycles. The lowest BCUT2D eigenvalue weighted by atomic mass is 9.85. The average Bonchev–Trinajstić information content (AvgIpc) is 3.14. The summed E-state index contributed by atoms with van der Waals surface area (Å²) in [7, 11) is 0. The van der Waals surface area contributed by atoms with Crippen molar-refractivity contribution in [2.75, 3.05) is 5.43 Å². The zero-order valence-electron chi connectivity index (χ0n) is 18.9. The Labute approximate surface area is 208 Å². The van der Waals surface area contributed by atoms with Crippen molar-refractivity contribution >= 4 is 34.3 Å². The molecule has 0 spiro atoms. The normalized spacial score (nSPS) is 15.4. The summed E-state index contributed by atoms with van der Waals surface area (Å²) in [6.45, 7) is 4.67. The summed E-state index contributed by atoms with van der Waals surface area (Å²) in [4.78, 5) is 13.4. The van der Waals surface area contributed by atoms with Crippen LogP contribution in [-0.4, -0.2) is 14.5 Å². The Morgan fingerprint density at radius 1 is 0.882 bits per heavy atom. The van der Waals surface area contributed by atoms with E-state index < -0.39 is 0 Å². The van der Waals surface area contributed by atoms with E-state index in [1.165, 1.54) is 4.68 Å². The zero-order valence-corrected chi connectivity index (χ0v) is 20.4. The van der Waals surface area contributed by atoms with E-state index in [1.807, 2.05) is 66.7 Å². The summed E-state index contributed by atoms with van der Waals surface area (Å²) < 4.78 is 3.11. The number of halogens is 2. The number of hydrogen-bond donors (Lipinski definition) is 1. The first kappa shape index (κ1) is 22.5. The number of benzene rings is 3. The van der Waals surface area contributed by atoms with Gasteiger partial charge >= 0.3 is 5.69 Å². The molecule has 0 saturated carbocycles. The fraction of sp³-hybridized carbons (Fsp3) is 0.185. The first-order chi connectivity index (χ1) is 16.4. The van der Waals surface area contributed by atoms with Gasteiger partial charge < -0.3 is 5.43 Å². The quantitative estimate of drug-likeness (QED) is 0.358. The van der Waals surface area contributed by atoms with E-state index >= 15 is 0 Å². The monoisotopic (exact) mass is 490 g/mol. The van der Waals surface area contributed by atoms with Gasteiger partial charge in [-0.15, -0.1) is 5.10 Å². The minimum absolute atomic E-state index is 0.189. The molecule has 172 valence electrons. The smallest absolute Gasteiger partial charge is 0.308 e. The third-order valence-electron chi connectivity index (χ3n) is 5.84. The van der Waals surface area contributed by atoms with Gasteiger partial charge in [0.25, 0.3) is 0 Å². The predicted octanol–water partition coefficient (Wildman–Crippen LogP) is 6.27. The van der Waals surface area contributed by atoms with Crippen molar-refractivity contribution in [1.82, 2.24) is 14.5 Å². The first-order valence-corrected chi connectivity index (χ1v) is 12.0. The van der Waals surface area contributed by atoms with Gasteiger partial charge in [-0.05, 0) is 52.4 Å². The Morgan fingerprint density at radius 2 is 1.47 bits per heavy atom. The molecule has 4 aromatic rings. The van der Waals surface area contributed by atoms with Crippen LogP contribution in [0.25, 0.3) is 11.1 Å². The zero-order chi connectivity index (χ0) is 23.8. The molecule has 1 atom stereocenters. The highest BCUT2D eigenvalue weighted by molar-refractivity contribution is 6.31. The van der Waals surface area contributed by atoms with Crippen LogP contribution in [0, 0.1) is 5.92 Å². The van der Waals surface area contributed by atoms with E-state index in [0.717, 1.165) is 27.8 Å². The van der Waals surface area contributed by atoms with Crippen LogP contribution in [0.3, 0.4) is 0 Å². The molecule has 1 unspecified atom stereocenters. The molecule has 34 heavy (non-hydrogen) atoms. The third-order valence-corrected chi connectivity index (χ3v) is 6.34. The molecule has 0 fully saturated rings. The second kappa shape index (κ2) is 9.16. The van der Waals surface area contributed by atoms with Crippen molar-refractivity contribution < 1.29 is 0 Å². The molecule has 3 aromatic carbocycles. The Bertz CT molecular complexity index is 1400. The van der Waals surface area contributed by atoms with Crippen LogP contribution in [0.5, 0.6) is 0 Å². The average molecular weight is 491 g/mol. The van der Waals surface area contributed by atoms with Gasteiger partial charge in [0.05, 0.1) is 6.04 Å². The van der Waals surface area contributed by atoms with E-state index in [-0.39, 0.29) is 17.6 Å². The minimum Gasteiger partial charge on any atom is -0.308 e. The molecule has 2 heterocycles. The Balaban J connectivity index is 1.85. The summed E-state index contributed by atoms with van der Waals surface area (Å²) in [5.41, 5.74) is 8.12. The lowest BCUT2D eigenvalue weighted by Crippen LogP contribution is -2.37. The van der Waals surface area contributed by atoms with E-state index in [9.17, 15) is 4.79 Å². The molecule has 0 amide bonds. The van der Waals surface area contributed by atoms with Crippen LogP contribution < -0.4 is 11.1 Å². The van der Waals surface area contributed by atoms with Crippen molar-refractivity contribution in [1.29, 1.82) is 0 Å². The van der Waals surface area contributed by atoms with Gasteiger partial charge in [-0.3, -0.25) is 0 Å². The molecule has 1 aliphatic heterocycles. The highest BCUT2D eigenvalue weighted by Gasteiger charge is 2.33. The highest BCUT2D eigenvalue weighted by Crippen LogP contribution is 2.42. The lowest BCUT2D eigenvalue weighted by Gasteiger charge is -2.31. The van der Waals surface area contributed by atoms with Crippen LogP contribution in [0.15, 0.2) is 83.7 Å². The van der Waals surface area contributed by atoms with E-state index in [0.29, 0.717) is 22.4 Å². The van der Waals surface area contributed by atoms with Gasteiger partial charge in [-0.2, -0.15) is 4.68 Å². The maximum atomic E-state index is 13.4. The fourth-order valence-corrected chi connectivity index (χ4v) is 4.59. The van der Waals surface area contributed by atoms with Crippen molar-refractivity contribution in [3.05, 3.63) is 122 Å². The van der Waals surface area contributed by atoms with Crippen LogP contribution >= 0.6 is 23.2 Å². The molecule has 5 nitrogen and oxygen atoms in total. The summed E-state index contributed by atoms with van der Waals surface area (Å²) in [6.07, 6.45) is 0. The predicted molar refractivity (Wildman–Crippen MR) is 139 cm³/mol. The fourth-order valence-electron chi connectivity index (χ4n) is 4.34. The number of hydrogen-bond acceptors (Lipinski definition) is 3. The number of aromatic nitrogens is 3. The largest absolute Gasteiger partial charge is 0.365 e. The summed E-state index contributed by atoms with van der Waals surface area (Å²) in [5.74, 6) is 0.850. The van der Waals surface area contributed by atoms with E-state index in [2.05, 4.69) is 31.4 Å². The van der Waals surface area contributed by atoms with Crippen molar-refractivity contribution in [3.8, 4) is 0 Å². The third kappa shape index (κ3) is 4.17. The Kier molecular flexibility index (Phi) is 6.07. The number of rotatable bonds is 5. The van der Waals surface area contributed by atoms with Gasteiger partial charge in [0.2, 0.25) is 0 Å². The van der Waals surface area contributed by atoms with E-state index in [4.69, 9.17) is 28.3 Å². The maximum absolute atomic E-state index is 13.4. The Morgan fingerprint density at radius 3 is 2.06 bits per heavy atom. The Hall–Kier alpha value is -3.28. The minimum atomic E-state index is -0.282. The van der Waals surface area contributed by atoms with Crippen LogP contribution in [-0.2, 0) is 6.54 Å². The van der Waals surface area contributed by atoms with Crippen LogP contribution in [0.4, 0.5) is 0 Å². The summed E-state index contributed by atoms with van der Waals surface area (Å²) in [6, 6.07) is 25.2.